The van der Waals surface area contributed by atoms with Gasteiger partial charge in [0.25, 0.3) is 5.91 Å². The molecular formula is C30H31ClN6O3. The third-order valence-corrected chi connectivity index (χ3v) is 8.97. The van der Waals surface area contributed by atoms with E-state index >= 15 is 0 Å². The van der Waals surface area contributed by atoms with Gasteiger partial charge in [0.2, 0.25) is 11.8 Å². The van der Waals surface area contributed by atoms with Crippen LogP contribution in [0.25, 0.3) is 11.3 Å². The number of nitrogens with one attached hydrogen (secondary N) is 2. The van der Waals surface area contributed by atoms with Gasteiger partial charge < -0.3 is 10.2 Å². The van der Waals surface area contributed by atoms with E-state index in [1.807, 2.05) is 37.3 Å². The number of carbonyl (C=O) groups is 3. The van der Waals surface area contributed by atoms with Crippen LogP contribution >= 0.6 is 11.6 Å². The van der Waals surface area contributed by atoms with Crippen molar-refractivity contribution in [2.45, 2.75) is 70.0 Å². The Morgan fingerprint density at radius 2 is 1.90 bits per heavy atom. The van der Waals surface area contributed by atoms with Crippen molar-refractivity contribution in [1.29, 1.82) is 0 Å². The van der Waals surface area contributed by atoms with E-state index in [-0.39, 0.29) is 24.1 Å². The monoisotopic (exact) mass is 558 g/mol. The van der Waals surface area contributed by atoms with Gasteiger partial charge in [-0.05, 0) is 80.8 Å². The first-order valence-electron chi connectivity index (χ1n) is 14.1. The highest BCUT2D eigenvalue weighted by Gasteiger charge is 2.39. The van der Waals surface area contributed by atoms with Crippen molar-refractivity contribution < 1.29 is 14.4 Å². The summed E-state index contributed by atoms with van der Waals surface area (Å²) >= 11 is 6.53. The maximum absolute atomic E-state index is 12.9. The highest BCUT2D eigenvalue weighted by atomic mass is 35.5. The Morgan fingerprint density at radius 3 is 2.67 bits per heavy atom. The van der Waals surface area contributed by atoms with Crippen molar-refractivity contribution in [2.75, 3.05) is 11.9 Å². The van der Waals surface area contributed by atoms with Crippen molar-refractivity contribution >= 4 is 35.0 Å². The normalized spacial score (nSPS) is 24.1. The first-order valence-corrected chi connectivity index (χ1v) is 14.5. The number of halogens is 1. The van der Waals surface area contributed by atoms with Gasteiger partial charge >= 0.3 is 0 Å². The Morgan fingerprint density at radius 1 is 1.07 bits per heavy atom. The lowest BCUT2D eigenvalue weighted by Gasteiger charge is -2.35. The minimum Gasteiger partial charge on any atom is -0.385 e. The van der Waals surface area contributed by atoms with Gasteiger partial charge in [-0.3, -0.25) is 29.4 Å². The van der Waals surface area contributed by atoms with Crippen molar-refractivity contribution in [1.82, 2.24) is 25.0 Å². The molecule has 10 heteroatoms. The number of carbonyl (C=O) groups excluding carboxylic acids is 3. The van der Waals surface area contributed by atoms with Crippen molar-refractivity contribution in [3.8, 4) is 11.3 Å². The van der Waals surface area contributed by atoms with Crippen LogP contribution < -0.4 is 10.6 Å². The number of rotatable bonds is 7. The van der Waals surface area contributed by atoms with E-state index in [0.717, 1.165) is 53.3 Å². The van der Waals surface area contributed by atoms with E-state index in [1.54, 1.807) is 4.90 Å². The zero-order valence-corrected chi connectivity index (χ0v) is 23.1. The van der Waals surface area contributed by atoms with E-state index in [4.69, 9.17) is 21.7 Å². The van der Waals surface area contributed by atoms with Crippen molar-refractivity contribution in [3.63, 3.8) is 0 Å². The largest absolute Gasteiger partial charge is 0.385 e. The molecular weight excluding hydrogens is 528 g/mol. The van der Waals surface area contributed by atoms with Crippen molar-refractivity contribution in [2.24, 2.45) is 5.92 Å². The molecule has 3 fully saturated rings. The molecule has 40 heavy (non-hydrogen) atoms. The van der Waals surface area contributed by atoms with Gasteiger partial charge in [0.05, 0.1) is 22.5 Å². The SMILES string of the molecule is Cc1ccc(Cl)c(-c2cn(C3CC(CNc4ccc5c(c4)CN(C4CCC(=O)NC4=O)C5=O)C3)nc2C2CC2)n1. The number of piperidine rings is 1. The fourth-order valence-corrected chi connectivity index (χ4v) is 6.40. The number of aryl methyl sites for hydroxylation is 1. The summed E-state index contributed by atoms with van der Waals surface area (Å²) in [4.78, 5) is 43.1. The average molecular weight is 559 g/mol. The molecule has 1 saturated heterocycles. The Kier molecular flexibility index (Phi) is 6.14. The predicted octanol–water partition coefficient (Wildman–Crippen LogP) is 4.61. The Hall–Kier alpha value is -3.72. The molecule has 206 valence electrons. The second kappa shape index (κ2) is 9.73. The number of benzene rings is 1. The Bertz CT molecular complexity index is 1540. The number of nitrogens with zero attached hydrogens (tertiary/aromatic N) is 4. The molecule has 0 radical (unpaired) electrons. The molecule has 4 aliphatic rings. The quantitative estimate of drug-likeness (QED) is 0.410. The number of hydrogen-bond donors (Lipinski definition) is 2. The summed E-state index contributed by atoms with van der Waals surface area (Å²) in [5, 5.41) is 11.6. The molecule has 1 aromatic carbocycles. The minimum absolute atomic E-state index is 0.149. The number of hydrogen-bond acceptors (Lipinski definition) is 6. The van der Waals surface area contributed by atoms with Gasteiger partial charge in [-0.15, -0.1) is 0 Å². The maximum atomic E-state index is 12.9. The van der Waals surface area contributed by atoms with E-state index < -0.39 is 6.04 Å². The Labute approximate surface area is 237 Å². The summed E-state index contributed by atoms with van der Waals surface area (Å²) in [6.45, 7) is 3.21. The molecule has 1 atom stereocenters. The van der Waals surface area contributed by atoms with Crippen LogP contribution in [-0.2, 0) is 16.1 Å². The van der Waals surface area contributed by atoms with Crippen LogP contribution in [0, 0.1) is 12.8 Å². The molecule has 2 N–H and O–H groups in total. The minimum atomic E-state index is -0.595. The zero-order valence-electron chi connectivity index (χ0n) is 22.3. The molecule has 7 rings (SSSR count). The van der Waals surface area contributed by atoms with Crippen LogP contribution in [0.1, 0.15) is 77.8 Å². The van der Waals surface area contributed by atoms with Gasteiger partial charge in [0, 0.05) is 54.1 Å². The highest BCUT2D eigenvalue weighted by molar-refractivity contribution is 6.33. The van der Waals surface area contributed by atoms with Gasteiger partial charge in [-0.25, -0.2) is 0 Å². The second-order valence-electron chi connectivity index (χ2n) is 11.6. The maximum Gasteiger partial charge on any atom is 0.255 e. The van der Waals surface area contributed by atoms with Crippen LogP contribution in [0.3, 0.4) is 0 Å². The van der Waals surface area contributed by atoms with Gasteiger partial charge in [-0.2, -0.15) is 5.10 Å². The molecule has 0 bridgehead atoms. The van der Waals surface area contributed by atoms with Gasteiger partial charge in [0.1, 0.15) is 6.04 Å². The lowest BCUT2D eigenvalue weighted by Crippen LogP contribution is -2.52. The summed E-state index contributed by atoms with van der Waals surface area (Å²) in [7, 11) is 0. The number of aromatic nitrogens is 3. The van der Waals surface area contributed by atoms with Crippen LogP contribution in [0.4, 0.5) is 5.69 Å². The van der Waals surface area contributed by atoms with E-state index in [9.17, 15) is 14.4 Å². The van der Waals surface area contributed by atoms with Crippen LogP contribution in [-0.4, -0.2) is 50.0 Å². The molecule has 2 aromatic heterocycles. The number of amides is 3. The molecule has 0 spiro atoms. The smallest absolute Gasteiger partial charge is 0.255 e. The van der Waals surface area contributed by atoms with Gasteiger partial charge in [0.15, 0.2) is 0 Å². The summed E-state index contributed by atoms with van der Waals surface area (Å²) in [6, 6.07) is 9.40. The topological polar surface area (TPSA) is 109 Å². The summed E-state index contributed by atoms with van der Waals surface area (Å²) in [6.07, 6.45) is 7.18. The number of imide groups is 1. The third-order valence-electron chi connectivity index (χ3n) is 8.67. The zero-order chi connectivity index (χ0) is 27.5. The van der Waals surface area contributed by atoms with Crippen LogP contribution in [0.2, 0.25) is 5.02 Å². The van der Waals surface area contributed by atoms with Crippen LogP contribution in [0.15, 0.2) is 36.5 Å². The fraction of sp³-hybridized carbons (Fsp3) is 0.433. The summed E-state index contributed by atoms with van der Waals surface area (Å²) in [5.74, 6) is 0.216. The molecule has 2 saturated carbocycles. The predicted molar refractivity (Wildman–Crippen MR) is 150 cm³/mol. The standard InChI is InChI=1S/C30H31ClN6O3/c1-16-2-7-24(31)28(33-16)23-15-37(35-27(23)18-3-4-18)21-10-17(11-21)13-32-20-5-6-22-19(12-20)14-36(30(22)40)25-8-9-26(38)34-29(25)39/h2,5-7,12,15,17-18,21,25,32H,3-4,8-11,13-14H2,1H3,(H,34,38,39). The lowest BCUT2D eigenvalue weighted by molar-refractivity contribution is -0.136. The number of fused-ring (bicyclic) bond motifs is 1. The van der Waals surface area contributed by atoms with E-state index in [2.05, 4.69) is 21.5 Å². The fourth-order valence-electron chi connectivity index (χ4n) is 6.19. The third kappa shape index (κ3) is 4.56. The molecule has 4 heterocycles. The Balaban J connectivity index is 0.978. The summed E-state index contributed by atoms with van der Waals surface area (Å²) < 4.78 is 2.13. The van der Waals surface area contributed by atoms with Crippen LogP contribution in [0.5, 0.6) is 0 Å². The van der Waals surface area contributed by atoms with E-state index in [1.165, 1.54) is 12.8 Å². The molecule has 3 aromatic rings. The second-order valence-corrected chi connectivity index (χ2v) is 12.0. The molecule has 2 aliphatic heterocycles. The highest BCUT2D eigenvalue weighted by Crippen LogP contribution is 2.46. The molecule has 3 amide bonds. The molecule has 9 nitrogen and oxygen atoms in total. The molecule has 1 unspecified atom stereocenters. The van der Waals surface area contributed by atoms with E-state index in [0.29, 0.717) is 41.4 Å². The molecule has 2 aliphatic carbocycles. The first kappa shape index (κ1) is 25.3. The lowest BCUT2D eigenvalue weighted by atomic mass is 9.80. The van der Waals surface area contributed by atoms with Gasteiger partial charge in [-0.1, -0.05) is 11.6 Å². The number of pyridine rings is 1. The number of anilines is 1. The van der Waals surface area contributed by atoms with Crippen molar-refractivity contribution in [3.05, 3.63) is 64.1 Å². The average Bonchev–Trinajstić information content (AvgIpc) is 3.58. The first-order chi connectivity index (χ1) is 19.3. The summed E-state index contributed by atoms with van der Waals surface area (Å²) in [5.41, 5.74) is 6.48.